The molecule has 0 fully saturated rings. The summed E-state index contributed by atoms with van der Waals surface area (Å²) in [4.78, 5) is 0. The highest BCUT2D eigenvalue weighted by atomic mass is 16.3. The number of hydrogen-bond donors (Lipinski definition) is 1. The van der Waals surface area contributed by atoms with Crippen LogP contribution in [-0.2, 0) is 17.3 Å². The van der Waals surface area contributed by atoms with E-state index in [1.807, 2.05) is 0 Å². The summed E-state index contributed by atoms with van der Waals surface area (Å²) < 4.78 is 0. The smallest absolute Gasteiger partial charge is 0.123 e. The van der Waals surface area contributed by atoms with E-state index in [2.05, 4.69) is 73.4 Å². The van der Waals surface area contributed by atoms with Gasteiger partial charge in [-0.15, -0.1) is 12.3 Å². The SMILES string of the molecule is C#CCC(C)(C)CCc1cc(C(C)(C)C)c(O)c(C(C)(C)C)c1. The van der Waals surface area contributed by atoms with Crippen LogP contribution < -0.4 is 0 Å². The van der Waals surface area contributed by atoms with Gasteiger partial charge in [0.05, 0.1) is 0 Å². The minimum Gasteiger partial charge on any atom is -0.507 e. The molecule has 1 heteroatoms. The molecule has 0 amide bonds. The first kappa shape index (κ1) is 19.6. The van der Waals surface area contributed by atoms with E-state index in [0.717, 1.165) is 30.4 Å². The summed E-state index contributed by atoms with van der Waals surface area (Å²) in [7, 11) is 0. The van der Waals surface area contributed by atoms with Crippen LogP contribution >= 0.6 is 0 Å². The molecule has 0 bridgehead atoms. The first-order valence-corrected chi connectivity index (χ1v) is 8.58. The maximum absolute atomic E-state index is 10.8. The van der Waals surface area contributed by atoms with Gasteiger partial charge in [-0.25, -0.2) is 0 Å². The Balaban J connectivity index is 3.27. The highest BCUT2D eigenvalue weighted by molar-refractivity contribution is 5.49. The molecule has 1 rings (SSSR count). The Morgan fingerprint density at radius 2 is 1.35 bits per heavy atom. The van der Waals surface area contributed by atoms with E-state index in [4.69, 9.17) is 6.42 Å². The van der Waals surface area contributed by atoms with Crippen molar-refractivity contribution in [1.82, 2.24) is 0 Å². The molecule has 0 saturated carbocycles. The summed E-state index contributed by atoms with van der Waals surface area (Å²) in [6.45, 7) is 17.4. The number of aryl methyl sites for hydroxylation is 1. The highest BCUT2D eigenvalue weighted by Gasteiger charge is 2.27. The highest BCUT2D eigenvalue weighted by Crippen LogP contribution is 2.40. The van der Waals surface area contributed by atoms with Gasteiger partial charge in [-0.2, -0.15) is 0 Å². The van der Waals surface area contributed by atoms with Crippen molar-refractivity contribution in [2.45, 2.75) is 85.5 Å². The predicted octanol–water partition coefficient (Wildman–Crippen LogP) is 5.97. The largest absolute Gasteiger partial charge is 0.507 e. The fraction of sp³-hybridized carbons (Fsp3) is 0.636. The van der Waals surface area contributed by atoms with Gasteiger partial charge in [-0.3, -0.25) is 0 Å². The molecule has 1 N–H and O–H groups in total. The van der Waals surface area contributed by atoms with Crippen LogP contribution in [0, 0.1) is 17.8 Å². The lowest BCUT2D eigenvalue weighted by atomic mass is 9.77. The summed E-state index contributed by atoms with van der Waals surface area (Å²) >= 11 is 0. The molecule has 0 saturated heterocycles. The Labute approximate surface area is 143 Å². The second-order valence-electron chi connectivity index (χ2n) is 9.58. The molecule has 0 aromatic heterocycles. The van der Waals surface area contributed by atoms with Crippen molar-refractivity contribution in [2.24, 2.45) is 5.41 Å². The second kappa shape index (κ2) is 6.60. The molecule has 23 heavy (non-hydrogen) atoms. The lowest BCUT2D eigenvalue weighted by Gasteiger charge is -2.29. The molecule has 0 aliphatic heterocycles. The number of benzene rings is 1. The number of terminal acetylenes is 1. The van der Waals surface area contributed by atoms with E-state index in [1.165, 1.54) is 5.56 Å². The minimum atomic E-state index is -0.0750. The van der Waals surface area contributed by atoms with E-state index >= 15 is 0 Å². The third kappa shape index (κ3) is 5.31. The monoisotopic (exact) mass is 314 g/mol. The zero-order valence-electron chi connectivity index (χ0n) is 16.3. The molecule has 128 valence electrons. The van der Waals surface area contributed by atoms with Crippen molar-refractivity contribution < 1.29 is 5.11 Å². The maximum Gasteiger partial charge on any atom is 0.123 e. The maximum atomic E-state index is 10.8. The lowest BCUT2D eigenvalue weighted by molar-refractivity contribution is 0.345. The number of aromatic hydroxyl groups is 1. The van der Waals surface area contributed by atoms with Crippen LogP contribution in [0.5, 0.6) is 5.75 Å². The second-order valence-corrected chi connectivity index (χ2v) is 9.58. The fourth-order valence-corrected chi connectivity index (χ4v) is 2.83. The Kier molecular flexibility index (Phi) is 5.63. The van der Waals surface area contributed by atoms with E-state index in [1.54, 1.807) is 0 Å². The van der Waals surface area contributed by atoms with Crippen molar-refractivity contribution in [3.8, 4) is 18.1 Å². The summed E-state index contributed by atoms with van der Waals surface area (Å²) in [5, 5.41) is 10.8. The lowest BCUT2D eigenvalue weighted by Crippen LogP contribution is -2.18. The zero-order valence-corrected chi connectivity index (χ0v) is 16.3. The third-order valence-corrected chi connectivity index (χ3v) is 4.46. The normalized spacial score (nSPS) is 13.0. The summed E-state index contributed by atoms with van der Waals surface area (Å²) in [6, 6.07) is 4.35. The van der Waals surface area contributed by atoms with Crippen LogP contribution in [0.25, 0.3) is 0 Å². The van der Waals surface area contributed by atoms with Crippen molar-refractivity contribution in [2.75, 3.05) is 0 Å². The molecule has 0 heterocycles. The van der Waals surface area contributed by atoms with Gasteiger partial charge in [-0.1, -0.05) is 67.5 Å². The summed E-state index contributed by atoms with van der Waals surface area (Å²) in [5.41, 5.74) is 3.37. The van der Waals surface area contributed by atoms with Crippen LogP contribution in [-0.4, -0.2) is 5.11 Å². The Bertz CT molecular complexity index is 551. The van der Waals surface area contributed by atoms with Gasteiger partial charge in [0.2, 0.25) is 0 Å². The molecule has 0 unspecified atom stereocenters. The van der Waals surface area contributed by atoms with Gasteiger partial charge in [-0.05, 0) is 45.8 Å². The molecular weight excluding hydrogens is 280 g/mol. The van der Waals surface area contributed by atoms with Crippen LogP contribution in [0.3, 0.4) is 0 Å². The molecular formula is C22H34O. The first-order chi connectivity index (χ1) is 10.3. The number of phenolic OH excluding ortho intramolecular Hbond substituents is 1. The fourth-order valence-electron chi connectivity index (χ4n) is 2.83. The van der Waals surface area contributed by atoms with Crippen LogP contribution in [0.1, 0.15) is 84.9 Å². The van der Waals surface area contributed by atoms with Crippen molar-refractivity contribution in [3.63, 3.8) is 0 Å². The molecule has 0 aliphatic rings. The minimum absolute atomic E-state index is 0.0750. The van der Waals surface area contributed by atoms with E-state index in [-0.39, 0.29) is 16.2 Å². The molecule has 0 atom stereocenters. The number of phenols is 1. The van der Waals surface area contributed by atoms with E-state index in [0.29, 0.717) is 5.75 Å². The third-order valence-electron chi connectivity index (χ3n) is 4.46. The van der Waals surface area contributed by atoms with Crippen molar-refractivity contribution in [1.29, 1.82) is 0 Å². The van der Waals surface area contributed by atoms with Gasteiger partial charge in [0.25, 0.3) is 0 Å². The average molecular weight is 315 g/mol. The van der Waals surface area contributed by atoms with E-state index < -0.39 is 0 Å². The predicted molar refractivity (Wildman–Crippen MR) is 101 cm³/mol. The molecule has 1 aromatic rings. The van der Waals surface area contributed by atoms with Crippen LogP contribution in [0.4, 0.5) is 0 Å². The van der Waals surface area contributed by atoms with Gasteiger partial charge >= 0.3 is 0 Å². The Hall–Kier alpha value is -1.42. The van der Waals surface area contributed by atoms with Crippen molar-refractivity contribution >= 4 is 0 Å². The molecule has 0 radical (unpaired) electrons. The number of hydrogen-bond acceptors (Lipinski definition) is 1. The average Bonchev–Trinajstić information content (AvgIpc) is 2.34. The Morgan fingerprint density at radius 3 is 1.70 bits per heavy atom. The van der Waals surface area contributed by atoms with Crippen molar-refractivity contribution in [3.05, 3.63) is 28.8 Å². The van der Waals surface area contributed by atoms with Gasteiger partial charge in [0.1, 0.15) is 5.75 Å². The standard InChI is InChI=1S/C22H34O/c1-10-12-22(8,9)13-11-16-14-17(20(2,3)4)19(23)18(15-16)21(5,6)7/h1,14-15,23H,11-13H2,2-9H3. The number of rotatable bonds is 4. The molecule has 0 spiro atoms. The van der Waals surface area contributed by atoms with Gasteiger partial charge < -0.3 is 5.11 Å². The summed E-state index contributed by atoms with van der Waals surface area (Å²) in [6.07, 6.45) is 8.32. The first-order valence-electron chi connectivity index (χ1n) is 8.58. The molecule has 1 aromatic carbocycles. The van der Waals surface area contributed by atoms with E-state index in [9.17, 15) is 5.11 Å². The molecule has 1 nitrogen and oxygen atoms in total. The van der Waals surface area contributed by atoms with Crippen LogP contribution in [0.2, 0.25) is 0 Å². The quantitative estimate of drug-likeness (QED) is 0.679. The molecule has 0 aliphatic carbocycles. The topological polar surface area (TPSA) is 20.2 Å². The van der Waals surface area contributed by atoms with Gasteiger partial charge in [0, 0.05) is 6.42 Å². The summed E-state index contributed by atoms with van der Waals surface area (Å²) in [5.74, 6) is 3.24. The van der Waals surface area contributed by atoms with Crippen LogP contribution in [0.15, 0.2) is 12.1 Å². The Morgan fingerprint density at radius 1 is 0.913 bits per heavy atom. The zero-order chi connectivity index (χ0) is 18.1. The van der Waals surface area contributed by atoms with Gasteiger partial charge in [0.15, 0.2) is 0 Å².